The van der Waals surface area contributed by atoms with E-state index in [2.05, 4.69) is 14.9 Å². The highest BCUT2D eigenvalue weighted by molar-refractivity contribution is 7.89. The lowest BCUT2D eigenvalue weighted by molar-refractivity contribution is -0.114. The maximum atomic E-state index is 13.4. The lowest BCUT2D eigenvalue weighted by atomic mass is 10.0. The van der Waals surface area contributed by atoms with Gasteiger partial charge in [-0.05, 0) is 54.1 Å². The molecule has 1 aliphatic rings. The Labute approximate surface area is 163 Å². The number of anilines is 1. The van der Waals surface area contributed by atoms with Crippen LogP contribution in [0.4, 0.5) is 5.69 Å². The van der Waals surface area contributed by atoms with Gasteiger partial charge in [0.25, 0.3) is 0 Å². The van der Waals surface area contributed by atoms with Crippen LogP contribution in [0.15, 0.2) is 72.0 Å². The lowest BCUT2D eigenvalue weighted by Crippen LogP contribution is -2.42. The van der Waals surface area contributed by atoms with Crippen molar-refractivity contribution in [2.75, 3.05) is 11.9 Å². The predicted molar refractivity (Wildman–Crippen MR) is 105 cm³/mol. The Kier molecular flexibility index (Phi) is 4.74. The fourth-order valence-electron chi connectivity index (χ4n) is 3.55. The zero-order valence-corrected chi connectivity index (χ0v) is 16.1. The van der Waals surface area contributed by atoms with Crippen LogP contribution in [-0.4, -0.2) is 34.7 Å². The van der Waals surface area contributed by atoms with Gasteiger partial charge in [-0.1, -0.05) is 0 Å². The molecule has 1 atom stereocenters. The summed E-state index contributed by atoms with van der Waals surface area (Å²) in [6.45, 7) is 2.37. The number of rotatable bonds is 4. The molecule has 28 heavy (non-hydrogen) atoms. The monoisotopic (exact) mass is 396 g/mol. The summed E-state index contributed by atoms with van der Waals surface area (Å²) >= 11 is 0. The molecule has 1 aliphatic heterocycles. The smallest absolute Gasteiger partial charge is 0.244 e. The van der Waals surface area contributed by atoms with Gasteiger partial charge < -0.3 is 9.88 Å². The minimum Gasteiger partial charge on any atom is -0.348 e. The Bertz CT molecular complexity index is 1090. The highest BCUT2D eigenvalue weighted by Crippen LogP contribution is 2.36. The van der Waals surface area contributed by atoms with E-state index >= 15 is 0 Å². The summed E-state index contributed by atoms with van der Waals surface area (Å²) < 4.78 is 30.5. The summed E-state index contributed by atoms with van der Waals surface area (Å²) in [7, 11) is -3.74. The fraction of sp³-hybridized carbons (Fsp3) is 0.200. The molecule has 8 heteroatoms. The van der Waals surface area contributed by atoms with Gasteiger partial charge in [0.15, 0.2) is 0 Å². The number of benzene rings is 1. The second-order valence-electron chi connectivity index (χ2n) is 6.63. The summed E-state index contributed by atoms with van der Waals surface area (Å²) in [5.74, 6) is -0.204. The summed E-state index contributed by atoms with van der Waals surface area (Å²) in [6, 6.07) is 13.4. The Balaban J connectivity index is 1.74. The molecule has 1 N–H and O–H groups in total. The van der Waals surface area contributed by atoms with Crippen molar-refractivity contribution in [3.63, 3.8) is 0 Å². The minimum atomic E-state index is -3.74. The number of sulfonamides is 1. The average molecular weight is 396 g/mol. The number of amides is 1. The Hall–Kier alpha value is -2.97. The quantitative estimate of drug-likeness (QED) is 0.735. The highest BCUT2D eigenvalue weighted by atomic mass is 32.2. The number of hydrogen-bond acceptors (Lipinski definition) is 4. The van der Waals surface area contributed by atoms with Crippen molar-refractivity contribution in [3.05, 3.63) is 78.4 Å². The maximum absolute atomic E-state index is 13.4. The largest absolute Gasteiger partial charge is 0.348 e. The molecule has 1 unspecified atom stereocenters. The summed E-state index contributed by atoms with van der Waals surface area (Å²) in [6.07, 6.45) is 5.31. The molecule has 0 aliphatic carbocycles. The van der Waals surface area contributed by atoms with Gasteiger partial charge in [-0.3, -0.25) is 9.78 Å². The molecule has 4 rings (SSSR count). The number of nitrogens with zero attached hydrogens (tertiary/aromatic N) is 3. The van der Waals surface area contributed by atoms with E-state index in [1.807, 2.05) is 30.5 Å². The van der Waals surface area contributed by atoms with E-state index in [0.29, 0.717) is 18.8 Å². The first-order valence-corrected chi connectivity index (χ1v) is 10.4. The van der Waals surface area contributed by atoms with Gasteiger partial charge in [0.1, 0.15) is 0 Å². The van der Waals surface area contributed by atoms with Crippen molar-refractivity contribution in [2.45, 2.75) is 24.4 Å². The van der Waals surface area contributed by atoms with E-state index in [0.717, 1.165) is 11.3 Å². The van der Waals surface area contributed by atoms with Crippen LogP contribution in [0.1, 0.15) is 24.2 Å². The third kappa shape index (κ3) is 3.32. The maximum Gasteiger partial charge on any atom is 0.244 e. The highest BCUT2D eigenvalue weighted by Gasteiger charge is 2.37. The van der Waals surface area contributed by atoms with Crippen LogP contribution >= 0.6 is 0 Å². The lowest BCUT2D eigenvalue weighted by Gasteiger charge is -2.36. The molecular formula is C20H20N4O3S. The standard InChI is InChI=1S/C20H20N4O3S/c1-15(25)22-17-4-6-18(7-5-17)28(26,27)24-14-13-23-12-2-3-19(23)20(24)16-8-10-21-11-9-16/h2-12,20H,13-14H2,1H3,(H,22,25). The number of fused-ring (bicyclic) bond motifs is 1. The van der Waals surface area contributed by atoms with Crippen LogP contribution in [0.2, 0.25) is 0 Å². The Morgan fingerprint density at radius 1 is 1.07 bits per heavy atom. The van der Waals surface area contributed by atoms with Crippen molar-refractivity contribution in [1.82, 2.24) is 13.9 Å². The van der Waals surface area contributed by atoms with Gasteiger partial charge >= 0.3 is 0 Å². The number of hydrogen-bond donors (Lipinski definition) is 1. The normalized spacial score (nSPS) is 17.1. The van der Waals surface area contributed by atoms with Crippen LogP contribution in [0.25, 0.3) is 0 Å². The van der Waals surface area contributed by atoms with Crippen LogP contribution in [0.3, 0.4) is 0 Å². The zero-order chi connectivity index (χ0) is 19.7. The molecule has 3 aromatic rings. The van der Waals surface area contributed by atoms with Crippen LogP contribution < -0.4 is 5.32 Å². The second kappa shape index (κ2) is 7.21. The number of aromatic nitrogens is 2. The predicted octanol–water partition coefficient (Wildman–Crippen LogP) is 2.64. The molecule has 7 nitrogen and oxygen atoms in total. The molecule has 144 valence electrons. The van der Waals surface area contributed by atoms with E-state index in [9.17, 15) is 13.2 Å². The third-order valence-electron chi connectivity index (χ3n) is 4.80. The van der Waals surface area contributed by atoms with Crippen molar-refractivity contribution in [1.29, 1.82) is 0 Å². The fourth-order valence-corrected chi connectivity index (χ4v) is 5.13. The molecular weight excluding hydrogens is 376 g/mol. The van der Waals surface area contributed by atoms with E-state index in [-0.39, 0.29) is 10.8 Å². The van der Waals surface area contributed by atoms with Gasteiger partial charge in [-0.25, -0.2) is 8.42 Å². The molecule has 2 aromatic heterocycles. The first-order chi connectivity index (χ1) is 13.5. The number of nitrogens with one attached hydrogen (secondary N) is 1. The Morgan fingerprint density at radius 3 is 2.46 bits per heavy atom. The van der Waals surface area contributed by atoms with Crippen LogP contribution in [-0.2, 0) is 21.4 Å². The van der Waals surface area contributed by atoms with Crippen molar-refractivity contribution in [3.8, 4) is 0 Å². The minimum absolute atomic E-state index is 0.195. The van der Waals surface area contributed by atoms with Gasteiger partial charge in [0.2, 0.25) is 15.9 Å². The first-order valence-electron chi connectivity index (χ1n) is 8.91. The first kappa shape index (κ1) is 18.4. The molecule has 0 saturated carbocycles. The topological polar surface area (TPSA) is 84.3 Å². The number of carbonyl (C=O) groups is 1. The van der Waals surface area contributed by atoms with Crippen molar-refractivity contribution < 1.29 is 13.2 Å². The summed E-state index contributed by atoms with van der Waals surface area (Å²) in [5, 5.41) is 2.65. The zero-order valence-electron chi connectivity index (χ0n) is 15.3. The molecule has 0 saturated heterocycles. The van der Waals surface area contributed by atoms with E-state index in [4.69, 9.17) is 0 Å². The van der Waals surface area contributed by atoms with E-state index in [1.165, 1.54) is 23.4 Å². The molecule has 0 bridgehead atoms. The summed E-state index contributed by atoms with van der Waals surface area (Å²) in [4.78, 5) is 15.4. The Morgan fingerprint density at radius 2 is 1.79 bits per heavy atom. The molecule has 0 spiro atoms. The second-order valence-corrected chi connectivity index (χ2v) is 8.52. The van der Waals surface area contributed by atoms with Crippen LogP contribution in [0.5, 0.6) is 0 Å². The van der Waals surface area contributed by atoms with Crippen LogP contribution in [0, 0.1) is 0 Å². The van der Waals surface area contributed by atoms with Crippen molar-refractivity contribution >= 4 is 21.6 Å². The van der Waals surface area contributed by atoms with E-state index in [1.54, 1.807) is 24.5 Å². The number of carbonyl (C=O) groups excluding carboxylic acids is 1. The number of pyridine rings is 1. The summed E-state index contributed by atoms with van der Waals surface area (Å²) in [5.41, 5.74) is 2.36. The molecule has 0 fully saturated rings. The molecule has 1 amide bonds. The van der Waals surface area contributed by atoms with Gasteiger partial charge in [0.05, 0.1) is 10.9 Å². The van der Waals surface area contributed by atoms with Gasteiger partial charge in [-0.2, -0.15) is 4.31 Å². The molecule has 3 heterocycles. The average Bonchev–Trinajstić information content (AvgIpc) is 3.16. The molecule has 1 aromatic carbocycles. The van der Waals surface area contributed by atoms with Gasteiger partial charge in [0, 0.05) is 50.0 Å². The SMILES string of the molecule is CC(=O)Nc1ccc(S(=O)(=O)N2CCn3cccc3C2c2ccncc2)cc1. The van der Waals surface area contributed by atoms with E-state index < -0.39 is 16.1 Å². The van der Waals surface area contributed by atoms with Crippen molar-refractivity contribution in [2.24, 2.45) is 0 Å². The van der Waals surface area contributed by atoms with Gasteiger partial charge in [-0.15, -0.1) is 0 Å². The third-order valence-corrected chi connectivity index (χ3v) is 6.68. The molecule has 0 radical (unpaired) electrons.